The fraction of sp³-hybridized carbons (Fsp3) is 0.258. The van der Waals surface area contributed by atoms with Crippen LogP contribution >= 0.6 is 0 Å². The number of Topliss-reactive ketones (excluding diaryl/α,β-unsaturated/α-hetero) is 1. The quantitative estimate of drug-likeness (QED) is 0.288. The average molecular weight is 508 g/mol. The maximum atomic E-state index is 13.2. The minimum absolute atomic E-state index is 0.388. The van der Waals surface area contributed by atoms with E-state index in [4.69, 9.17) is 4.98 Å². The Morgan fingerprint density at radius 2 is 1.50 bits per heavy atom. The van der Waals surface area contributed by atoms with E-state index < -0.39 is 11.7 Å². The number of carbonyl (C=O) groups excluding carboxylic acids is 2. The molecule has 2 aromatic heterocycles. The summed E-state index contributed by atoms with van der Waals surface area (Å²) in [6.07, 6.45) is 1.88. The number of hydrogen-bond donors (Lipinski definition) is 1. The van der Waals surface area contributed by atoms with E-state index in [1.165, 1.54) is 5.56 Å². The fourth-order valence-corrected chi connectivity index (χ4v) is 5.25. The van der Waals surface area contributed by atoms with Crippen molar-refractivity contribution in [3.05, 3.63) is 95.4 Å². The third-order valence-corrected chi connectivity index (χ3v) is 7.03. The van der Waals surface area contributed by atoms with Crippen LogP contribution < -0.4 is 15.1 Å². The van der Waals surface area contributed by atoms with E-state index >= 15 is 0 Å². The van der Waals surface area contributed by atoms with Gasteiger partial charge in [0.1, 0.15) is 11.5 Å². The van der Waals surface area contributed by atoms with Gasteiger partial charge in [0.2, 0.25) is 0 Å². The second-order valence-electron chi connectivity index (χ2n) is 9.96. The summed E-state index contributed by atoms with van der Waals surface area (Å²) in [5.41, 5.74) is 7.00. The molecule has 1 N–H and O–H groups in total. The molecule has 7 heteroatoms. The smallest absolute Gasteiger partial charge is 0.298 e. The number of benzene rings is 2. The van der Waals surface area contributed by atoms with Crippen LogP contribution in [-0.4, -0.2) is 47.4 Å². The number of carbonyl (C=O) groups is 2. The summed E-state index contributed by atoms with van der Waals surface area (Å²) in [6, 6.07) is 21.6. The van der Waals surface area contributed by atoms with Gasteiger partial charge in [0.15, 0.2) is 0 Å². The number of nitrogens with one attached hydrogen (secondary N) is 1. The second-order valence-corrected chi connectivity index (χ2v) is 9.96. The number of ketones is 1. The number of amides is 1. The molecule has 1 aliphatic rings. The van der Waals surface area contributed by atoms with Gasteiger partial charge in [-0.3, -0.25) is 9.59 Å². The van der Waals surface area contributed by atoms with E-state index in [0.29, 0.717) is 11.4 Å². The lowest BCUT2D eigenvalue weighted by atomic mass is 10.00. The zero-order chi connectivity index (χ0) is 26.8. The Balaban J connectivity index is 1.24. The van der Waals surface area contributed by atoms with Crippen LogP contribution in [0.2, 0.25) is 0 Å². The molecule has 0 bridgehead atoms. The molecular formula is C31H33N5O2. The molecule has 5 rings (SSSR count). The molecule has 0 aliphatic carbocycles. The summed E-state index contributed by atoms with van der Waals surface area (Å²) >= 11 is 0. The number of nitrogens with zero attached hydrogens (tertiary/aromatic N) is 4. The third-order valence-electron chi connectivity index (χ3n) is 7.03. The predicted octanol–water partition coefficient (Wildman–Crippen LogP) is 5.16. The van der Waals surface area contributed by atoms with Crippen molar-refractivity contribution in [3.8, 4) is 11.1 Å². The first-order valence-electron chi connectivity index (χ1n) is 12.9. The van der Waals surface area contributed by atoms with E-state index in [-0.39, 0.29) is 0 Å². The maximum Gasteiger partial charge on any atom is 0.298 e. The van der Waals surface area contributed by atoms with Gasteiger partial charge in [-0.25, -0.2) is 4.98 Å². The van der Waals surface area contributed by atoms with Crippen LogP contribution in [-0.2, 0) is 11.8 Å². The van der Waals surface area contributed by atoms with Crippen LogP contribution in [0, 0.1) is 20.8 Å². The highest BCUT2D eigenvalue weighted by atomic mass is 16.2. The van der Waals surface area contributed by atoms with Crippen molar-refractivity contribution < 1.29 is 9.59 Å². The van der Waals surface area contributed by atoms with E-state index in [2.05, 4.69) is 34.2 Å². The molecule has 4 aromatic rings. The van der Waals surface area contributed by atoms with Gasteiger partial charge in [0, 0.05) is 62.1 Å². The molecule has 3 heterocycles. The molecule has 2 aromatic carbocycles. The number of aryl methyl sites for hydroxylation is 4. The van der Waals surface area contributed by atoms with Gasteiger partial charge in [0.25, 0.3) is 11.7 Å². The highest BCUT2D eigenvalue weighted by molar-refractivity contribution is 6.47. The van der Waals surface area contributed by atoms with Gasteiger partial charge in [-0.15, -0.1) is 0 Å². The first-order valence-corrected chi connectivity index (χ1v) is 12.9. The fourth-order valence-electron chi connectivity index (χ4n) is 5.25. The van der Waals surface area contributed by atoms with Gasteiger partial charge in [-0.1, -0.05) is 30.3 Å². The molecule has 194 valence electrons. The number of rotatable bonds is 6. The lowest BCUT2D eigenvalue weighted by molar-refractivity contribution is -0.112. The Bertz CT molecular complexity index is 1450. The Kier molecular flexibility index (Phi) is 7.01. The van der Waals surface area contributed by atoms with E-state index in [1.807, 2.05) is 74.6 Å². The Morgan fingerprint density at radius 3 is 2.16 bits per heavy atom. The van der Waals surface area contributed by atoms with E-state index in [9.17, 15) is 9.59 Å². The van der Waals surface area contributed by atoms with Crippen molar-refractivity contribution in [1.82, 2.24) is 9.55 Å². The van der Waals surface area contributed by atoms with Gasteiger partial charge in [0.05, 0.1) is 0 Å². The lowest BCUT2D eigenvalue weighted by Crippen LogP contribution is -2.46. The highest BCUT2D eigenvalue weighted by Gasteiger charge is 2.26. The normalized spacial score (nSPS) is 13.5. The van der Waals surface area contributed by atoms with Crippen molar-refractivity contribution in [2.45, 2.75) is 20.8 Å². The van der Waals surface area contributed by atoms with E-state index in [1.54, 1.807) is 11.6 Å². The Morgan fingerprint density at radius 1 is 0.842 bits per heavy atom. The standard InChI is InChI=1S/C31H33N5O2/c1-21-18-23(3)32-27(19-21)36-16-14-35(15-17-36)26-12-10-25(11-13-26)33-31(38)30(37)29-28(22(2)20-34(29)4)24-8-6-5-7-9-24/h5-13,18-20H,14-17H2,1-4H3,(H,33,38). The van der Waals surface area contributed by atoms with Gasteiger partial charge >= 0.3 is 0 Å². The summed E-state index contributed by atoms with van der Waals surface area (Å²) in [5, 5.41) is 2.79. The molecule has 1 saturated heterocycles. The zero-order valence-electron chi connectivity index (χ0n) is 22.4. The van der Waals surface area contributed by atoms with Crippen LogP contribution in [0.15, 0.2) is 72.9 Å². The first-order chi connectivity index (χ1) is 18.3. The first kappa shape index (κ1) is 25.3. The van der Waals surface area contributed by atoms with Crippen LogP contribution in [0.5, 0.6) is 0 Å². The summed E-state index contributed by atoms with van der Waals surface area (Å²) in [6.45, 7) is 9.64. The minimum atomic E-state index is -0.648. The van der Waals surface area contributed by atoms with Crippen molar-refractivity contribution in [1.29, 1.82) is 0 Å². The van der Waals surface area contributed by atoms with Crippen LogP contribution in [0.3, 0.4) is 0 Å². The van der Waals surface area contributed by atoms with E-state index in [0.717, 1.165) is 60.1 Å². The molecule has 0 unspecified atom stereocenters. The molecule has 0 spiro atoms. The number of pyridine rings is 1. The number of piperazine rings is 1. The van der Waals surface area contributed by atoms with Crippen molar-refractivity contribution in [2.24, 2.45) is 7.05 Å². The Labute approximate surface area is 223 Å². The van der Waals surface area contributed by atoms with Crippen molar-refractivity contribution >= 4 is 28.9 Å². The summed E-state index contributed by atoms with van der Waals surface area (Å²) in [4.78, 5) is 35.5. The topological polar surface area (TPSA) is 70.5 Å². The molecule has 1 aliphatic heterocycles. The predicted molar refractivity (Wildman–Crippen MR) is 153 cm³/mol. The van der Waals surface area contributed by atoms with Gasteiger partial charge < -0.3 is 19.7 Å². The monoisotopic (exact) mass is 507 g/mol. The summed E-state index contributed by atoms with van der Waals surface area (Å²) in [7, 11) is 1.80. The Hall–Kier alpha value is -4.39. The van der Waals surface area contributed by atoms with Crippen molar-refractivity contribution in [3.63, 3.8) is 0 Å². The average Bonchev–Trinajstić information content (AvgIpc) is 3.22. The van der Waals surface area contributed by atoms with Gasteiger partial charge in [-0.2, -0.15) is 0 Å². The molecule has 1 amide bonds. The van der Waals surface area contributed by atoms with Gasteiger partial charge in [-0.05, 0) is 73.9 Å². The molecular weight excluding hydrogens is 474 g/mol. The van der Waals surface area contributed by atoms with Crippen LogP contribution in [0.25, 0.3) is 11.1 Å². The molecule has 38 heavy (non-hydrogen) atoms. The summed E-state index contributed by atoms with van der Waals surface area (Å²) < 4.78 is 1.73. The number of aromatic nitrogens is 2. The third kappa shape index (κ3) is 5.18. The molecule has 1 fully saturated rings. The number of anilines is 3. The molecule has 7 nitrogen and oxygen atoms in total. The second kappa shape index (κ2) is 10.5. The molecule has 0 radical (unpaired) electrons. The van der Waals surface area contributed by atoms with Crippen LogP contribution in [0.1, 0.15) is 27.3 Å². The molecule has 0 saturated carbocycles. The largest absolute Gasteiger partial charge is 0.368 e. The highest BCUT2D eigenvalue weighted by Crippen LogP contribution is 2.29. The number of hydrogen-bond acceptors (Lipinski definition) is 5. The minimum Gasteiger partial charge on any atom is -0.368 e. The zero-order valence-corrected chi connectivity index (χ0v) is 22.4. The maximum absolute atomic E-state index is 13.2. The SMILES string of the molecule is Cc1cc(C)nc(N2CCN(c3ccc(NC(=O)C(=O)c4c(-c5ccccc5)c(C)cn4C)cc3)CC2)c1. The summed E-state index contributed by atoms with van der Waals surface area (Å²) in [5.74, 6) is -0.168. The van der Waals surface area contributed by atoms with Crippen molar-refractivity contribution in [2.75, 3.05) is 41.3 Å². The molecule has 0 atom stereocenters. The lowest BCUT2D eigenvalue weighted by Gasteiger charge is -2.37. The van der Waals surface area contributed by atoms with Crippen LogP contribution in [0.4, 0.5) is 17.2 Å².